The van der Waals surface area contributed by atoms with E-state index < -0.39 is 0 Å². The van der Waals surface area contributed by atoms with Gasteiger partial charge in [0.05, 0.1) is 25.2 Å². The number of rotatable bonds is 6. The second kappa shape index (κ2) is 8.55. The third-order valence-corrected chi connectivity index (χ3v) is 5.10. The highest BCUT2D eigenvalue weighted by atomic mass is 16.5. The van der Waals surface area contributed by atoms with Crippen LogP contribution in [0.1, 0.15) is 33.6 Å². The van der Waals surface area contributed by atoms with Crippen molar-refractivity contribution >= 4 is 23.3 Å². The number of hydrogen-bond donors (Lipinski definition) is 2. The van der Waals surface area contributed by atoms with E-state index in [0.29, 0.717) is 36.6 Å². The molecule has 0 aliphatic carbocycles. The predicted molar refractivity (Wildman–Crippen MR) is 112 cm³/mol. The summed E-state index contributed by atoms with van der Waals surface area (Å²) in [5.74, 6) is 0.678. The highest BCUT2D eigenvalue weighted by Gasteiger charge is 2.27. The summed E-state index contributed by atoms with van der Waals surface area (Å²) < 4.78 is 7.35. The molecule has 8 heteroatoms. The van der Waals surface area contributed by atoms with Gasteiger partial charge in [-0.15, -0.1) is 0 Å². The molecule has 0 saturated carbocycles. The quantitative estimate of drug-likeness (QED) is 0.780. The molecule has 1 fully saturated rings. The lowest BCUT2D eigenvalue weighted by molar-refractivity contribution is -0.117. The largest absolute Gasteiger partial charge is 0.495 e. The summed E-state index contributed by atoms with van der Waals surface area (Å²) in [5.41, 5.74) is 1.14. The number of amides is 3. The third kappa shape index (κ3) is 5.07. The number of imidazole rings is 1. The van der Waals surface area contributed by atoms with Gasteiger partial charge < -0.3 is 24.8 Å². The first-order valence-electron chi connectivity index (χ1n) is 9.79. The number of nitrogens with one attached hydrogen (secondary N) is 2. The van der Waals surface area contributed by atoms with Gasteiger partial charge >= 0.3 is 6.03 Å². The molecule has 2 N–H and O–H groups in total. The van der Waals surface area contributed by atoms with Crippen LogP contribution in [0.25, 0.3) is 0 Å². The van der Waals surface area contributed by atoms with Crippen LogP contribution in [-0.2, 0) is 11.3 Å². The van der Waals surface area contributed by atoms with Crippen LogP contribution >= 0.6 is 0 Å². The van der Waals surface area contributed by atoms with E-state index in [1.54, 1.807) is 42.7 Å². The van der Waals surface area contributed by atoms with Crippen molar-refractivity contribution in [1.29, 1.82) is 0 Å². The molecule has 156 valence electrons. The van der Waals surface area contributed by atoms with Gasteiger partial charge in [0, 0.05) is 37.6 Å². The van der Waals surface area contributed by atoms with Crippen LogP contribution in [0, 0.1) is 5.41 Å². The number of carbonyl (C=O) groups excluding carboxylic acids is 2. The summed E-state index contributed by atoms with van der Waals surface area (Å²) in [4.78, 5) is 30.6. The first-order chi connectivity index (χ1) is 13.8. The van der Waals surface area contributed by atoms with Gasteiger partial charge in [0.1, 0.15) is 5.75 Å². The Balaban J connectivity index is 1.73. The molecule has 0 unspecified atom stereocenters. The summed E-state index contributed by atoms with van der Waals surface area (Å²) in [6, 6.07) is 4.92. The van der Waals surface area contributed by atoms with Crippen LogP contribution in [0.15, 0.2) is 36.9 Å². The van der Waals surface area contributed by atoms with Gasteiger partial charge in [-0.3, -0.25) is 4.79 Å². The van der Waals surface area contributed by atoms with Gasteiger partial charge in [-0.1, -0.05) is 20.8 Å². The van der Waals surface area contributed by atoms with Crippen LogP contribution in [0.2, 0.25) is 0 Å². The van der Waals surface area contributed by atoms with Crippen molar-refractivity contribution in [2.75, 3.05) is 23.9 Å². The van der Waals surface area contributed by atoms with Gasteiger partial charge in [-0.25, -0.2) is 9.78 Å². The van der Waals surface area contributed by atoms with E-state index in [1.165, 1.54) is 0 Å². The van der Waals surface area contributed by atoms with Crippen molar-refractivity contribution in [2.24, 2.45) is 5.41 Å². The summed E-state index contributed by atoms with van der Waals surface area (Å²) >= 11 is 0. The van der Waals surface area contributed by atoms with E-state index in [-0.39, 0.29) is 23.4 Å². The number of carbonyl (C=O) groups is 2. The molecule has 3 rings (SSSR count). The second-order valence-electron chi connectivity index (χ2n) is 8.31. The Morgan fingerprint density at radius 2 is 2.14 bits per heavy atom. The van der Waals surface area contributed by atoms with Gasteiger partial charge in [-0.05, 0) is 30.0 Å². The van der Waals surface area contributed by atoms with Crippen molar-refractivity contribution < 1.29 is 14.3 Å². The first-order valence-corrected chi connectivity index (χ1v) is 9.79. The van der Waals surface area contributed by atoms with E-state index in [9.17, 15) is 9.59 Å². The molecule has 0 radical (unpaired) electrons. The normalized spacial score (nSPS) is 15.3. The number of anilines is 2. The molecule has 2 aromatic rings. The lowest BCUT2D eigenvalue weighted by atomic mass is 9.86. The van der Waals surface area contributed by atoms with Crippen molar-refractivity contribution in [2.45, 2.75) is 46.2 Å². The number of ether oxygens (including phenoxy) is 1. The summed E-state index contributed by atoms with van der Waals surface area (Å²) in [6.45, 7) is 7.52. The van der Waals surface area contributed by atoms with E-state index in [2.05, 4.69) is 36.4 Å². The Morgan fingerprint density at radius 1 is 1.34 bits per heavy atom. The number of urea groups is 1. The molecule has 0 bridgehead atoms. The van der Waals surface area contributed by atoms with Crippen LogP contribution in [-0.4, -0.2) is 41.2 Å². The Labute approximate surface area is 171 Å². The van der Waals surface area contributed by atoms with Crippen LogP contribution in [0.4, 0.5) is 16.2 Å². The van der Waals surface area contributed by atoms with Crippen molar-refractivity contribution in [3.05, 3.63) is 36.9 Å². The molecule has 1 atom stereocenters. The van der Waals surface area contributed by atoms with Gasteiger partial charge in [0.15, 0.2) is 0 Å². The Hall–Kier alpha value is -3.03. The Morgan fingerprint density at radius 3 is 2.72 bits per heavy atom. The van der Waals surface area contributed by atoms with Crippen LogP contribution in [0.5, 0.6) is 5.75 Å². The molecule has 29 heavy (non-hydrogen) atoms. The average molecular weight is 399 g/mol. The highest BCUT2D eigenvalue weighted by Crippen LogP contribution is 2.34. The molecule has 3 amide bonds. The topological polar surface area (TPSA) is 88.5 Å². The molecule has 0 spiro atoms. The fourth-order valence-corrected chi connectivity index (χ4v) is 3.35. The lowest BCUT2D eigenvalue weighted by Gasteiger charge is -2.31. The molecular formula is C21H29N5O3. The molecule has 2 heterocycles. The summed E-state index contributed by atoms with van der Waals surface area (Å²) in [6.07, 6.45) is 6.69. The maximum atomic E-state index is 12.7. The SMILES string of the molecule is COc1ccc(NC(=O)N[C@@H](Cn2ccnc2)C(C)(C)C)cc1N1CCCC1=O. The van der Waals surface area contributed by atoms with Crippen molar-refractivity contribution in [1.82, 2.24) is 14.9 Å². The maximum Gasteiger partial charge on any atom is 0.319 e. The average Bonchev–Trinajstić information content (AvgIpc) is 3.32. The minimum absolute atomic E-state index is 0.0676. The van der Waals surface area contributed by atoms with E-state index in [1.807, 2.05) is 10.8 Å². The van der Waals surface area contributed by atoms with E-state index in [4.69, 9.17) is 4.74 Å². The van der Waals surface area contributed by atoms with Crippen molar-refractivity contribution in [3.63, 3.8) is 0 Å². The number of methoxy groups -OCH3 is 1. The van der Waals surface area contributed by atoms with Gasteiger partial charge in [-0.2, -0.15) is 0 Å². The number of nitrogens with zero attached hydrogens (tertiary/aromatic N) is 3. The van der Waals surface area contributed by atoms with Crippen molar-refractivity contribution in [3.8, 4) is 5.75 Å². The van der Waals surface area contributed by atoms with Gasteiger partial charge in [0.2, 0.25) is 5.91 Å². The molecule has 1 aromatic carbocycles. The highest BCUT2D eigenvalue weighted by molar-refractivity contribution is 5.98. The number of benzene rings is 1. The maximum absolute atomic E-state index is 12.7. The number of hydrogen-bond acceptors (Lipinski definition) is 4. The fraction of sp³-hybridized carbons (Fsp3) is 0.476. The molecule has 1 aliphatic rings. The number of aromatic nitrogens is 2. The minimum Gasteiger partial charge on any atom is -0.495 e. The molecule has 1 aliphatic heterocycles. The van der Waals surface area contributed by atoms with E-state index >= 15 is 0 Å². The zero-order valence-electron chi connectivity index (χ0n) is 17.4. The standard InChI is InChI=1S/C21H29N5O3/c1-21(2,3)18(13-25-11-9-22-14-25)24-20(28)23-15-7-8-17(29-4)16(12-15)26-10-5-6-19(26)27/h7-9,11-12,14,18H,5-6,10,13H2,1-4H3,(H2,23,24,28)/t18-/m0/s1. The smallest absolute Gasteiger partial charge is 0.319 e. The predicted octanol–water partition coefficient (Wildman–Crippen LogP) is 3.25. The van der Waals surface area contributed by atoms with Crippen LogP contribution in [0.3, 0.4) is 0 Å². The van der Waals surface area contributed by atoms with Crippen LogP contribution < -0.4 is 20.3 Å². The minimum atomic E-state index is -0.297. The fourth-order valence-electron chi connectivity index (χ4n) is 3.35. The lowest BCUT2D eigenvalue weighted by Crippen LogP contribution is -2.47. The van der Waals surface area contributed by atoms with E-state index in [0.717, 1.165) is 6.42 Å². The molecule has 8 nitrogen and oxygen atoms in total. The first kappa shape index (κ1) is 20.7. The monoisotopic (exact) mass is 399 g/mol. The molecule has 1 saturated heterocycles. The molecular weight excluding hydrogens is 370 g/mol. The summed E-state index contributed by atoms with van der Waals surface area (Å²) in [5, 5.41) is 5.95. The van der Waals surface area contributed by atoms with Gasteiger partial charge in [0.25, 0.3) is 0 Å². The summed E-state index contributed by atoms with van der Waals surface area (Å²) in [7, 11) is 1.57. The second-order valence-corrected chi connectivity index (χ2v) is 8.31. The zero-order valence-corrected chi connectivity index (χ0v) is 17.4. The third-order valence-electron chi connectivity index (χ3n) is 5.10. The Kier molecular flexibility index (Phi) is 6.10. The molecule has 1 aromatic heterocycles. The zero-order chi connectivity index (χ0) is 21.0. The Bertz CT molecular complexity index is 858.